The van der Waals surface area contributed by atoms with Crippen molar-refractivity contribution in [1.82, 2.24) is 4.90 Å². The molecule has 0 N–H and O–H groups in total. The predicted molar refractivity (Wildman–Crippen MR) is 191 cm³/mol. The van der Waals surface area contributed by atoms with Gasteiger partial charge in [0.25, 0.3) is 0 Å². The molecule has 1 aliphatic heterocycles. The summed E-state index contributed by atoms with van der Waals surface area (Å²) in [5.74, 6) is 1.41. The van der Waals surface area contributed by atoms with E-state index in [-0.39, 0.29) is 24.3 Å². The third-order valence-corrected chi connectivity index (χ3v) is 8.34. The van der Waals surface area contributed by atoms with Gasteiger partial charge >= 0.3 is 12.1 Å². The van der Waals surface area contributed by atoms with Crippen molar-refractivity contribution in [2.24, 2.45) is 11.8 Å². The Morgan fingerprint density at radius 3 is 1.85 bits per heavy atom. The zero-order chi connectivity index (χ0) is 33.9. The molecular weight excluding hydrogens is 619 g/mol. The van der Waals surface area contributed by atoms with E-state index in [1.54, 1.807) is 6.07 Å². The molecule has 3 aromatic rings. The van der Waals surface area contributed by atoms with Gasteiger partial charge in [-0.15, -0.1) is 12.4 Å². The van der Waals surface area contributed by atoms with Crippen molar-refractivity contribution < 1.29 is 22.7 Å². The average Bonchev–Trinajstić information content (AvgIpc) is 3.01. The van der Waals surface area contributed by atoms with Gasteiger partial charge in [0.1, 0.15) is 0 Å². The van der Waals surface area contributed by atoms with E-state index >= 15 is 0 Å². The lowest BCUT2D eigenvalue weighted by molar-refractivity contribution is -0.144. The lowest BCUT2D eigenvalue weighted by Gasteiger charge is -2.29. The molecule has 0 amide bonds. The van der Waals surface area contributed by atoms with Crippen LogP contribution < -0.4 is 0 Å². The summed E-state index contributed by atoms with van der Waals surface area (Å²) in [5, 5.41) is 0. The molecule has 0 fully saturated rings. The molecule has 0 bridgehead atoms. The molecule has 2 unspecified atom stereocenters. The molecule has 0 aliphatic carbocycles. The minimum atomic E-state index is -4.29. The summed E-state index contributed by atoms with van der Waals surface area (Å²) in [7, 11) is 0. The first-order valence-electron chi connectivity index (χ1n) is 16.7. The van der Waals surface area contributed by atoms with Crippen LogP contribution in [0.1, 0.15) is 100 Å². The van der Waals surface area contributed by atoms with Crippen LogP contribution in [0, 0.1) is 11.8 Å². The van der Waals surface area contributed by atoms with Crippen molar-refractivity contribution in [2.45, 2.75) is 85.7 Å². The highest BCUT2D eigenvalue weighted by Crippen LogP contribution is 2.32. The summed E-state index contributed by atoms with van der Waals surface area (Å²) < 4.78 is 43.9. The number of ether oxygens (including phenoxy) is 1. The van der Waals surface area contributed by atoms with E-state index in [9.17, 15) is 18.0 Å². The number of nitrogens with zero attached hydrogens (tertiary/aromatic N) is 1. The number of hydrogen-bond acceptors (Lipinski definition) is 3. The largest absolute Gasteiger partial charge is 0.466 e. The number of rotatable bonds is 11. The minimum Gasteiger partial charge on any atom is -0.466 e. The fraction of sp³-hybridized carbons (Fsp3) is 0.475. The van der Waals surface area contributed by atoms with Gasteiger partial charge in [0.05, 0.1) is 18.1 Å². The maximum absolute atomic E-state index is 13.0. The van der Waals surface area contributed by atoms with Crippen molar-refractivity contribution in [3.63, 3.8) is 0 Å². The summed E-state index contributed by atoms with van der Waals surface area (Å²) in [6, 6.07) is 22.9. The normalized spacial score (nSPS) is 14.9. The number of carbonyl (C=O) groups excluding carboxylic acids is 1. The fourth-order valence-electron chi connectivity index (χ4n) is 5.80. The number of carbonyl (C=O) groups is 1. The molecule has 1 heterocycles. The maximum Gasteiger partial charge on any atom is 0.416 e. The lowest BCUT2D eigenvalue weighted by Crippen LogP contribution is -2.32. The summed E-state index contributed by atoms with van der Waals surface area (Å²) in [6.45, 7) is 17.9. The van der Waals surface area contributed by atoms with Crippen molar-refractivity contribution in [2.75, 3.05) is 26.2 Å². The lowest BCUT2D eigenvalue weighted by atomic mass is 9.94. The quantitative estimate of drug-likeness (QED) is 0.190. The molecule has 258 valence electrons. The Bertz CT molecular complexity index is 1400. The molecule has 2 atom stereocenters. The second-order valence-electron chi connectivity index (χ2n) is 13.4. The van der Waals surface area contributed by atoms with Gasteiger partial charge in [-0.1, -0.05) is 101 Å². The van der Waals surface area contributed by atoms with E-state index in [1.165, 1.54) is 28.8 Å². The van der Waals surface area contributed by atoms with Crippen LogP contribution in [0.15, 0.2) is 78.9 Å². The highest BCUT2D eigenvalue weighted by molar-refractivity contribution is 5.85. The zero-order valence-electron chi connectivity index (χ0n) is 29.1. The third kappa shape index (κ3) is 13.1. The van der Waals surface area contributed by atoms with Crippen LogP contribution in [0.5, 0.6) is 0 Å². The Labute approximate surface area is 287 Å². The Morgan fingerprint density at radius 2 is 1.38 bits per heavy atom. The molecule has 3 aromatic carbocycles. The standard InChI is InChI=1S/C25H30F3N.C15H22O2.ClH/c1-18(2)15-20-7-9-21(10-8-20)19(3)17-29-13-11-22(12-14-29)23-5-4-6-24(16-23)25(26,27)28;1-5-17-15(16)12(4)14-8-6-13(7-9-14)10-11(2)3;/h4-11,16,18-19H,12-15,17H2,1-3H3;6-9,11-12H,5,10H2,1-4H3;1H. The van der Waals surface area contributed by atoms with Gasteiger partial charge in [0, 0.05) is 19.6 Å². The van der Waals surface area contributed by atoms with Gasteiger partial charge in [0.15, 0.2) is 0 Å². The number of benzene rings is 3. The molecule has 0 radical (unpaired) electrons. The van der Waals surface area contributed by atoms with Gasteiger partial charge in [-0.2, -0.15) is 13.2 Å². The monoisotopic (exact) mass is 671 g/mol. The van der Waals surface area contributed by atoms with Crippen molar-refractivity contribution >= 4 is 23.9 Å². The molecule has 0 saturated heterocycles. The van der Waals surface area contributed by atoms with E-state index in [2.05, 4.69) is 82.0 Å². The third-order valence-electron chi connectivity index (χ3n) is 8.34. The van der Waals surface area contributed by atoms with Gasteiger partial charge in [0.2, 0.25) is 0 Å². The Balaban J connectivity index is 0.000000366. The van der Waals surface area contributed by atoms with Crippen LogP contribution >= 0.6 is 12.4 Å². The second-order valence-corrected chi connectivity index (χ2v) is 13.4. The molecule has 47 heavy (non-hydrogen) atoms. The summed E-state index contributed by atoms with van der Waals surface area (Å²) in [6.07, 6.45) is 0.744. The SMILES string of the molecule is CC(C)Cc1ccc(C(C)CN2CC=C(c3cccc(C(F)(F)F)c3)CC2)cc1.CCOC(=O)C(C)c1ccc(CC(C)C)cc1.Cl. The Hall–Kier alpha value is -3.09. The van der Waals surface area contributed by atoms with Gasteiger partial charge in [-0.3, -0.25) is 9.69 Å². The number of halogens is 4. The smallest absolute Gasteiger partial charge is 0.416 e. The summed E-state index contributed by atoms with van der Waals surface area (Å²) in [5.41, 5.74) is 6.18. The Morgan fingerprint density at radius 1 is 0.830 bits per heavy atom. The predicted octanol–water partition coefficient (Wildman–Crippen LogP) is 10.8. The number of esters is 1. The first-order valence-corrected chi connectivity index (χ1v) is 16.7. The topological polar surface area (TPSA) is 29.5 Å². The molecule has 4 rings (SSSR count). The fourth-order valence-corrected chi connectivity index (χ4v) is 5.80. The highest BCUT2D eigenvalue weighted by atomic mass is 35.5. The minimum absolute atomic E-state index is 0. The van der Waals surface area contributed by atoms with Crippen molar-refractivity contribution in [3.05, 3.63) is 112 Å². The van der Waals surface area contributed by atoms with E-state index in [0.717, 1.165) is 56.1 Å². The van der Waals surface area contributed by atoms with Gasteiger partial charge < -0.3 is 4.74 Å². The summed E-state index contributed by atoms with van der Waals surface area (Å²) >= 11 is 0. The molecular formula is C40H53ClF3NO2. The molecule has 0 saturated carbocycles. The van der Waals surface area contributed by atoms with Crippen LogP contribution in [0.4, 0.5) is 13.2 Å². The van der Waals surface area contributed by atoms with E-state index in [4.69, 9.17) is 4.74 Å². The van der Waals surface area contributed by atoms with E-state index in [0.29, 0.717) is 29.9 Å². The van der Waals surface area contributed by atoms with Crippen LogP contribution in [0.2, 0.25) is 0 Å². The highest BCUT2D eigenvalue weighted by Gasteiger charge is 2.30. The van der Waals surface area contributed by atoms with Crippen molar-refractivity contribution in [1.29, 1.82) is 0 Å². The van der Waals surface area contributed by atoms with Crippen LogP contribution in [-0.4, -0.2) is 37.1 Å². The van der Waals surface area contributed by atoms with E-state index in [1.807, 2.05) is 26.0 Å². The van der Waals surface area contributed by atoms with Gasteiger partial charge in [-0.25, -0.2) is 0 Å². The average molecular weight is 672 g/mol. The van der Waals surface area contributed by atoms with Crippen LogP contribution in [-0.2, 0) is 28.5 Å². The second kappa shape index (κ2) is 19.0. The Kier molecular flexibility index (Phi) is 16.2. The first-order chi connectivity index (χ1) is 21.8. The summed E-state index contributed by atoms with van der Waals surface area (Å²) in [4.78, 5) is 14.0. The van der Waals surface area contributed by atoms with Crippen LogP contribution in [0.25, 0.3) is 5.57 Å². The van der Waals surface area contributed by atoms with Crippen LogP contribution in [0.3, 0.4) is 0 Å². The van der Waals surface area contributed by atoms with Crippen molar-refractivity contribution in [3.8, 4) is 0 Å². The first kappa shape index (κ1) is 40.1. The zero-order valence-corrected chi connectivity index (χ0v) is 29.9. The maximum atomic E-state index is 13.0. The molecule has 0 aromatic heterocycles. The molecule has 1 aliphatic rings. The molecule has 7 heteroatoms. The number of alkyl halides is 3. The molecule has 3 nitrogen and oxygen atoms in total. The molecule has 0 spiro atoms. The number of hydrogen-bond donors (Lipinski definition) is 0. The van der Waals surface area contributed by atoms with E-state index < -0.39 is 11.7 Å². The van der Waals surface area contributed by atoms with Gasteiger partial charge in [-0.05, 0) is 96.4 Å².